The van der Waals surface area contributed by atoms with E-state index in [9.17, 15) is 29.7 Å². The number of hydrogen-bond acceptors (Lipinski definition) is 13. The van der Waals surface area contributed by atoms with Gasteiger partial charge in [0.1, 0.15) is 23.9 Å². The highest BCUT2D eigenvalue weighted by Gasteiger charge is 2.42. The summed E-state index contributed by atoms with van der Waals surface area (Å²) in [5.74, 6) is -4.52. The van der Waals surface area contributed by atoms with Crippen LogP contribution in [-0.4, -0.2) is 138 Å². The molecule has 2 aromatic rings. The van der Waals surface area contributed by atoms with Gasteiger partial charge in [0.25, 0.3) is 0 Å². The second-order valence-corrected chi connectivity index (χ2v) is 15.1. The monoisotopic (exact) mass is 780 g/mol. The first-order valence-electron chi connectivity index (χ1n) is 18.6. The van der Waals surface area contributed by atoms with E-state index in [1.807, 2.05) is 51.4 Å². The number of amides is 1. The number of aromatic nitrogens is 1. The zero-order chi connectivity index (χ0) is 40.2. The Morgan fingerprint density at radius 1 is 1.09 bits per heavy atom. The van der Waals surface area contributed by atoms with Crippen molar-refractivity contribution < 1.29 is 48.7 Å². The molecule has 4 rings (SSSR count). The van der Waals surface area contributed by atoms with Crippen LogP contribution in [0.2, 0.25) is 0 Å². The summed E-state index contributed by atoms with van der Waals surface area (Å²) in [6, 6.07) is 9.28. The molecule has 2 fully saturated rings. The number of nitrogens with one attached hydrogen (secondary N) is 2. The average Bonchev–Trinajstić information content (AvgIpc) is 3.15. The van der Waals surface area contributed by atoms with E-state index in [-0.39, 0.29) is 44.1 Å². The Morgan fingerprint density at radius 2 is 1.81 bits per heavy atom. The standard InChI is InChI=1S/C38H58N4O10.CH3Cl/c1-22-13-32(49-20-26(19-43)18-40-28-10-11-30-27(15-28)9-8-12-39-30)33(52-34-16-29(42(6)7)14-23(2)51-34)17-31(44)24(3)37(47)50-21-38(5,48)35(45)25(4)36(46)41-22;1-2/h8-12,15,22-26,29,32-35,40,43,45,48H,13-14,16-21H2,1-7H3,(H,41,46);1H3/t22-,23?,24?,25?,26?,29?,32?,33-,34?,35?,38-;/m1./s1. The molecule has 0 saturated carbocycles. The van der Waals surface area contributed by atoms with Crippen molar-refractivity contribution in [3.05, 3.63) is 36.5 Å². The van der Waals surface area contributed by atoms with Crippen molar-refractivity contribution >= 4 is 45.9 Å². The van der Waals surface area contributed by atoms with E-state index in [2.05, 4.69) is 32.1 Å². The van der Waals surface area contributed by atoms with E-state index in [1.54, 1.807) is 13.1 Å². The fraction of sp³-hybridized carbons (Fsp3) is 0.692. The molecule has 15 heteroatoms. The molecule has 0 spiro atoms. The highest BCUT2D eigenvalue weighted by molar-refractivity contribution is 6.15. The smallest absolute Gasteiger partial charge is 0.316 e. The third-order valence-electron chi connectivity index (χ3n) is 10.2. The van der Waals surface area contributed by atoms with Crippen molar-refractivity contribution in [1.82, 2.24) is 15.2 Å². The van der Waals surface area contributed by atoms with E-state index in [1.165, 1.54) is 27.2 Å². The number of aliphatic hydroxyl groups excluding tert-OH is 2. The second-order valence-electron chi connectivity index (χ2n) is 15.1. The maximum absolute atomic E-state index is 13.7. The summed E-state index contributed by atoms with van der Waals surface area (Å²) in [7, 11) is 3.98. The molecule has 1 amide bonds. The number of cyclic esters (lactones) is 1. The Hall–Kier alpha value is -2.95. The molecule has 0 bridgehead atoms. The molecule has 8 unspecified atom stereocenters. The number of fused-ring (bicyclic) bond motifs is 1. The zero-order valence-electron chi connectivity index (χ0n) is 32.9. The Bertz CT molecular complexity index is 1500. The predicted molar refractivity (Wildman–Crippen MR) is 206 cm³/mol. The van der Waals surface area contributed by atoms with Gasteiger partial charge in [-0.2, -0.15) is 0 Å². The summed E-state index contributed by atoms with van der Waals surface area (Å²) in [4.78, 5) is 46.6. The van der Waals surface area contributed by atoms with Gasteiger partial charge in [-0.15, -0.1) is 11.6 Å². The van der Waals surface area contributed by atoms with Crippen LogP contribution in [-0.2, 0) is 33.3 Å². The van der Waals surface area contributed by atoms with Crippen molar-refractivity contribution in [3.63, 3.8) is 0 Å². The Balaban J connectivity index is 0.00000385. The number of alkyl halides is 1. The lowest BCUT2D eigenvalue weighted by atomic mass is 9.89. The minimum absolute atomic E-state index is 0.0792. The van der Waals surface area contributed by atoms with Crippen LogP contribution < -0.4 is 10.6 Å². The molecule has 2 aliphatic heterocycles. The van der Waals surface area contributed by atoms with Crippen LogP contribution in [0.1, 0.15) is 60.3 Å². The lowest BCUT2D eigenvalue weighted by Gasteiger charge is -2.40. The number of nitrogens with zero attached hydrogens (tertiary/aromatic N) is 2. The molecule has 2 saturated heterocycles. The molecule has 14 nitrogen and oxygen atoms in total. The number of aliphatic hydroxyl groups is 3. The number of pyridine rings is 1. The van der Waals surface area contributed by atoms with E-state index in [0.717, 1.165) is 23.0 Å². The normalized spacial score (nSPS) is 32.4. The highest BCUT2D eigenvalue weighted by atomic mass is 35.5. The lowest BCUT2D eigenvalue weighted by Crippen LogP contribution is -2.52. The van der Waals surface area contributed by atoms with Crippen LogP contribution in [0.4, 0.5) is 5.69 Å². The number of ether oxygens (including phenoxy) is 4. The molecule has 54 heavy (non-hydrogen) atoms. The van der Waals surface area contributed by atoms with Gasteiger partial charge in [0, 0.05) is 67.6 Å². The van der Waals surface area contributed by atoms with Crippen molar-refractivity contribution in [2.24, 2.45) is 17.8 Å². The number of carbonyl (C=O) groups is 3. The largest absolute Gasteiger partial charge is 0.462 e. The predicted octanol–water partition coefficient (Wildman–Crippen LogP) is 3.13. The number of esters is 1. The Labute approximate surface area is 324 Å². The molecular weight excluding hydrogens is 720 g/mol. The quantitative estimate of drug-likeness (QED) is 0.135. The summed E-state index contributed by atoms with van der Waals surface area (Å²) >= 11 is 4.64. The summed E-state index contributed by atoms with van der Waals surface area (Å²) in [5, 5.41) is 39.4. The van der Waals surface area contributed by atoms with E-state index in [4.69, 9.17) is 18.9 Å². The SMILES string of the molecule is CC1CC(N(C)C)CC(O[C@@H]2CC(=O)C(C)C(=O)OC[C@@](C)(O)C(O)C(C)C(=O)N[C@H](C)CC2OCC(CO)CNc2ccc3ncccc3c2)O1.CCl. The Kier molecular flexibility index (Phi) is 18.0. The lowest BCUT2D eigenvalue weighted by molar-refractivity contribution is -0.241. The van der Waals surface area contributed by atoms with Gasteiger partial charge < -0.3 is 49.8 Å². The molecule has 2 aliphatic rings. The summed E-state index contributed by atoms with van der Waals surface area (Å²) < 4.78 is 24.6. The van der Waals surface area contributed by atoms with Crippen LogP contribution in [0.5, 0.6) is 0 Å². The Morgan fingerprint density at radius 3 is 2.50 bits per heavy atom. The van der Waals surface area contributed by atoms with E-state index in [0.29, 0.717) is 13.0 Å². The number of rotatable bonds is 10. The van der Waals surface area contributed by atoms with Crippen LogP contribution >= 0.6 is 11.6 Å². The highest BCUT2D eigenvalue weighted by Crippen LogP contribution is 2.29. The maximum Gasteiger partial charge on any atom is 0.316 e. The molecule has 1 aromatic carbocycles. The first-order chi connectivity index (χ1) is 25.6. The van der Waals surface area contributed by atoms with Crippen LogP contribution in [0.25, 0.3) is 10.9 Å². The van der Waals surface area contributed by atoms with Gasteiger partial charge in [-0.1, -0.05) is 13.0 Å². The van der Waals surface area contributed by atoms with Crippen molar-refractivity contribution in [3.8, 4) is 0 Å². The first-order valence-corrected chi connectivity index (χ1v) is 19.4. The number of hydrogen-bond donors (Lipinski definition) is 5. The fourth-order valence-corrected chi connectivity index (χ4v) is 6.65. The van der Waals surface area contributed by atoms with Gasteiger partial charge in [0.2, 0.25) is 5.91 Å². The fourth-order valence-electron chi connectivity index (χ4n) is 6.65. The van der Waals surface area contributed by atoms with Crippen molar-refractivity contribution in [1.29, 1.82) is 0 Å². The molecule has 0 aliphatic carbocycles. The van der Waals surface area contributed by atoms with Crippen LogP contribution in [0, 0.1) is 17.8 Å². The number of halogens is 1. The number of anilines is 1. The molecule has 5 N–H and O–H groups in total. The first kappa shape index (κ1) is 45.4. The van der Waals surface area contributed by atoms with Gasteiger partial charge >= 0.3 is 5.97 Å². The van der Waals surface area contributed by atoms with E-state index >= 15 is 0 Å². The minimum Gasteiger partial charge on any atom is -0.462 e. The number of Topliss-reactive ketones (excluding diaryl/α,β-unsaturated/α-hetero) is 1. The topological polar surface area (TPSA) is 189 Å². The third-order valence-corrected chi connectivity index (χ3v) is 10.2. The molecular formula is C39H61ClN4O10. The minimum atomic E-state index is -1.95. The maximum atomic E-state index is 13.7. The molecule has 3 heterocycles. The molecule has 0 radical (unpaired) electrons. The summed E-state index contributed by atoms with van der Waals surface area (Å²) in [6.45, 7) is 7.55. The van der Waals surface area contributed by atoms with E-state index < -0.39 is 72.3 Å². The number of carbonyl (C=O) groups excluding carboxylic acids is 3. The van der Waals surface area contributed by atoms with Gasteiger partial charge in [-0.3, -0.25) is 19.4 Å². The molecule has 1 aromatic heterocycles. The zero-order valence-corrected chi connectivity index (χ0v) is 33.6. The van der Waals surface area contributed by atoms with Gasteiger partial charge in [-0.25, -0.2) is 0 Å². The number of ketones is 1. The third kappa shape index (κ3) is 13.1. The molecule has 11 atom stereocenters. The summed E-state index contributed by atoms with van der Waals surface area (Å²) in [6.07, 6.45) is 0.425. The van der Waals surface area contributed by atoms with Gasteiger partial charge in [-0.05, 0) is 78.9 Å². The van der Waals surface area contributed by atoms with Crippen LogP contribution in [0.15, 0.2) is 36.5 Å². The van der Waals surface area contributed by atoms with Crippen molar-refractivity contribution in [2.45, 2.75) is 109 Å². The number of benzene rings is 1. The average molecular weight is 781 g/mol. The molecule has 304 valence electrons. The van der Waals surface area contributed by atoms with Gasteiger partial charge in [0.15, 0.2) is 6.29 Å². The second kappa shape index (κ2) is 21.4. The van der Waals surface area contributed by atoms with Crippen LogP contribution in [0.3, 0.4) is 0 Å². The van der Waals surface area contributed by atoms with Gasteiger partial charge in [0.05, 0.1) is 42.5 Å². The van der Waals surface area contributed by atoms with Crippen molar-refractivity contribution in [2.75, 3.05) is 52.2 Å². The summed E-state index contributed by atoms with van der Waals surface area (Å²) in [5.41, 5.74) is -0.233.